The molecule has 1 saturated heterocycles. The van der Waals surface area contributed by atoms with Crippen molar-refractivity contribution in [2.45, 2.75) is 38.8 Å². The second-order valence-corrected chi connectivity index (χ2v) is 8.98. The van der Waals surface area contributed by atoms with Crippen LogP contribution in [0.1, 0.15) is 36.8 Å². The number of pyridine rings is 1. The van der Waals surface area contributed by atoms with Crippen molar-refractivity contribution < 1.29 is 22.8 Å². The van der Waals surface area contributed by atoms with Gasteiger partial charge in [-0.3, -0.25) is 9.59 Å². The number of hydrogen-bond donors (Lipinski definition) is 2. The number of piperidine rings is 1. The number of aryl methyl sites for hydroxylation is 1. The summed E-state index contributed by atoms with van der Waals surface area (Å²) in [5.41, 5.74) is 1.27. The number of carbonyl (C=O) groups is 2. The Bertz CT molecular complexity index is 1060. The number of nitrogens with one attached hydrogen (secondary N) is 2. The van der Waals surface area contributed by atoms with Gasteiger partial charge in [-0.15, -0.1) is 0 Å². The summed E-state index contributed by atoms with van der Waals surface area (Å²) in [5, 5.41) is 5.77. The standard InChI is InChI=1S/C23H24ClF3N4O2/c1-13-2-5-17(29-21(32)14-3-4-14)11-19(13)30-22(33)15-6-8-31(9-7-15)20-18(24)10-16(12-28-20)23(25,26)27/h2,5,10-12,14-15H,3-4,6-9H2,1H3,(H,29,32)(H,30,33). The minimum Gasteiger partial charge on any atom is -0.355 e. The maximum absolute atomic E-state index is 12.9. The van der Waals surface area contributed by atoms with E-state index in [-0.39, 0.29) is 28.7 Å². The molecule has 4 rings (SSSR count). The summed E-state index contributed by atoms with van der Waals surface area (Å²) in [6.07, 6.45) is -0.876. The van der Waals surface area contributed by atoms with Gasteiger partial charge in [-0.2, -0.15) is 13.2 Å². The molecule has 33 heavy (non-hydrogen) atoms. The molecule has 0 radical (unpaired) electrons. The lowest BCUT2D eigenvalue weighted by molar-refractivity contribution is -0.137. The lowest BCUT2D eigenvalue weighted by Gasteiger charge is -2.32. The number of nitrogens with zero attached hydrogens (tertiary/aromatic N) is 2. The molecule has 2 aromatic rings. The van der Waals surface area contributed by atoms with E-state index >= 15 is 0 Å². The van der Waals surface area contributed by atoms with Gasteiger partial charge in [0, 0.05) is 42.5 Å². The summed E-state index contributed by atoms with van der Waals surface area (Å²) in [6, 6.07) is 6.29. The Kier molecular flexibility index (Phi) is 6.52. The maximum Gasteiger partial charge on any atom is 0.417 e. The minimum absolute atomic E-state index is 0.000891. The zero-order valence-corrected chi connectivity index (χ0v) is 18.8. The fourth-order valence-electron chi connectivity index (χ4n) is 3.83. The van der Waals surface area contributed by atoms with Gasteiger partial charge in [0.1, 0.15) is 5.82 Å². The molecule has 1 saturated carbocycles. The second-order valence-electron chi connectivity index (χ2n) is 8.57. The van der Waals surface area contributed by atoms with E-state index in [9.17, 15) is 22.8 Å². The highest BCUT2D eigenvalue weighted by atomic mass is 35.5. The predicted molar refractivity (Wildman–Crippen MR) is 120 cm³/mol. The first-order valence-corrected chi connectivity index (χ1v) is 11.2. The number of hydrogen-bond acceptors (Lipinski definition) is 4. The third kappa shape index (κ3) is 5.58. The van der Waals surface area contributed by atoms with Gasteiger partial charge < -0.3 is 15.5 Å². The van der Waals surface area contributed by atoms with Gasteiger partial charge in [-0.05, 0) is 56.4 Å². The molecular weight excluding hydrogens is 457 g/mol. The van der Waals surface area contributed by atoms with E-state index < -0.39 is 11.7 Å². The quantitative estimate of drug-likeness (QED) is 0.611. The first-order valence-electron chi connectivity index (χ1n) is 10.8. The Hall–Kier alpha value is -2.81. The predicted octanol–water partition coefficient (Wildman–Crippen LogP) is 5.27. The molecule has 0 bridgehead atoms. The molecule has 10 heteroatoms. The van der Waals surface area contributed by atoms with E-state index in [1.54, 1.807) is 11.0 Å². The molecule has 1 aromatic heterocycles. The van der Waals surface area contributed by atoms with Crippen molar-refractivity contribution in [3.63, 3.8) is 0 Å². The van der Waals surface area contributed by atoms with Crippen LogP contribution in [0.15, 0.2) is 30.5 Å². The number of benzene rings is 1. The number of rotatable bonds is 5. The lowest BCUT2D eigenvalue weighted by atomic mass is 9.95. The van der Waals surface area contributed by atoms with E-state index in [1.165, 1.54) is 0 Å². The van der Waals surface area contributed by atoms with Gasteiger partial charge in [-0.25, -0.2) is 4.98 Å². The minimum atomic E-state index is -4.50. The summed E-state index contributed by atoms with van der Waals surface area (Å²) in [6.45, 7) is 2.78. The average Bonchev–Trinajstić information content (AvgIpc) is 3.61. The third-order valence-electron chi connectivity index (χ3n) is 6.03. The van der Waals surface area contributed by atoms with Crippen molar-refractivity contribution in [3.8, 4) is 0 Å². The molecule has 2 amide bonds. The number of anilines is 3. The number of amides is 2. The van der Waals surface area contributed by atoms with Crippen LogP contribution in [-0.2, 0) is 15.8 Å². The summed E-state index contributed by atoms with van der Waals surface area (Å²) < 4.78 is 38.5. The highest BCUT2D eigenvalue weighted by Crippen LogP contribution is 2.35. The van der Waals surface area contributed by atoms with Gasteiger partial charge in [-0.1, -0.05) is 17.7 Å². The molecule has 1 aromatic carbocycles. The normalized spacial score (nSPS) is 17.1. The summed E-state index contributed by atoms with van der Waals surface area (Å²) in [4.78, 5) is 30.6. The van der Waals surface area contributed by atoms with Crippen molar-refractivity contribution in [2.24, 2.45) is 11.8 Å². The Labute approximate surface area is 194 Å². The molecule has 1 aliphatic heterocycles. The summed E-state index contributed by atoms with van der Waals surface area (Å²) in [7, 11) is 0. The van der Waals surface area contributed by atoms with E-state index in [4.69, 9.17) is 11.6 Å². The molecule has 0 spiro atoms. The lowest BCUT2D eigenvalue weighted by Crippen LogP contribution is -2.38. The fraction of sp³-hybridized carbons (Fsp3) is 0.435. The Morgan fingerprint density at radius 1 is 1.03 bits per heavy atom. The van der Waals surface area contributed by atoms with Gasteiger partial charge in [0.2, 0.25) is 11.8 Å². The molecule has 0 atom stereocenters. The second kappa shape index (κ2) is 9.21. The van der Waals surface area contributed by atoms with E-state index in [1.807, 2.05) is 19.1 Å². The smallest absolute Gasteiger partial charge is 0.355 e. The Morgan fingerprint density at radius 3 is 2.27 bits per heavy atom. The van der Waals surface area contributed by atoms with Crippen LogP contribution in [0.2, 0.25) is 5.02 Å². The van der Waals surface area contributed by atoms with Crippen molar-refractivity contribution in [1.82, 2.24) is 4.98 Å². The molecule has 2 fully saturated rings. The Morgan fingerprint density at radius 2 is 1.67 bits per heavy atom. The van der Waals surface area contributed by atoms with Crippen molar-refractivity contribution in [3.05, 3.63) is 46.6 Å². The largest absolute Gasteiger partial charge is 0.417 e. The zero-order valence-electron chi connectivity index (χ0n) is 18.0. The van der Waals surface area contributed by atoms with Crippen LogP contribution in [-0.4, -0.2) is 29.9 Å². The van der Waals surface area contributed by atoms with Crippen LogP contribution in [0.4, 0.5) is 30.4 Å². The van der Waals surface area contributed by atoms with E-state index in [2.05, 4.69) is 15.6 Å². The number of carbonyl (C=O) groups excluding carboxylic acids is 2. The molecule has 2 aliphatic rings. The van der Waals surface area contributed by atoms with Crippen molar-refractivity contribution >= 4 is 40.6 Å². The average molecular weight is 481 g/mol. The number of alkyl halides is 3. The van der Waals surface area contributed by atoms with Crippen molar-refractivity contribution in [2.75, 3.05) is 28.6 Å². The van der Waals surface area contributed by atoms with Crippen LogP contribution >= 0.6 is 11.6 Å². The fourth-order valence-corrected chi connectivity index (χ4v) is 4.12. The van der Waals surface area contributed by atoms with Crippen LogP contribution in [0.5, 0.6) is 0 Å². The molecule has 6 nitrogen and oxygen atoms in total. The molecule has 1 aliphatic carbocycles. The first kappa shape index (κ1) is 23.4. The van der Waals surface area contributed by atoms with Crippen LogP contribution in [0.25, 0.3) is 0 Å². The van der Waals surface area contributed by atoms with Crippen molar-refractivity contribution in [1.29, 1.82) is 0 Å². The number of halogens is 4. The third-order valence-corrected chi connectivity index (χ3v) is 6.30. The van der Waals surface area contributed by atoms with Crippen LogP contribution in [0.3, 0.4) is 0 Å². The van der Waals surface area contributed by atoms with Gasteiger partial charge >= 0.3 is 6.18 Å². The maximum atomic E-state index is 12.9. The summed E-state index contributed by atoms with van der Waals surface area (Å²) in [5.74, 6) is -0.00631. The van der Waals surface area contributed by atoms with E-state index in [0.29, 0.717) is 43.1 Å². The first-order chi connectivity index (χ1) is 15.6. The molecule has 2 N–H and O–H groups in total. The van der Waals surface area contributed by atoms with Crippen LogP contribution in [0, 0.1) is 18.8 Å². The highest BCUT2D eigenvalue weighted by molar-refractivity contribution is 6.33. The Balaban J connectivity index is 1.35. The van der Waals surface area contributed by atoms with Gasteiger partial charge in [0.15, 0.2) is 0 Å². The zero-order chi connectivity index (χ0) is 23.8. The van der Waals surface area contributed by atoms with Gasteiger partial charge in [0.05, 0.1) is 10.6 Å². The van der Waals surface area contributed by atoms with Crippen LogP contribution < -0.4 is 15.5 Å². The van der Waals surface area contributed by atoms with Gasteiger partial charge in [0.25, 0.3) is 0 Å². The SMILES string of the molecule is Cc1ccc(NC(=O)C2CC2)cc1NC(=O)C1CCN(c2ncc(C(F)(F)F)cc2Cl)CC1. The monoisotopic (exact) mass is 480 g/mol. The van der Waals surface area contributed by atoms with E-state index in [0.717, 1.165) is 30.7 Å². The molecule has 176 valence electrons. The number of aromatic nitrogens is 1. The topological polar surface area (TPSA) is 74.3 Å². The highest BCUT2D eigenvalue weighted by Gasteiger charge is 2.33. The molecular formula is C23H24ClF3N4O2. The summed E-state index contributed by atoms with van der Waals surface area (Å²) >= 11 is 6.05. The molecule has 2 heterocycles. The molecule has 0 unspecified atom stereocenters.